The molecule has 2 aliphatic rings. The molecule has 0 spiro atoms. The molecular weight excluding hydrogens is 306 g/mol. The van der Waals surface area contributed by atoms with Crippen LogP contribution < -0.4 is 9.47 Å². The van der Waals surface area contributed by atoms with Crippen LogP contribution in [-0.4, -0.2) is 42.9 Å². The van der Waals surface area contributed by atoms with Crippen LogP contribution in [0.1, 0.15) is 37.0 Å². The van der Waals surface area contributed by atoms with Crippen LogP contribution >= 0.6 is 0 Å². The summed E-state index contributed by atoms with van der Waals surface area (Å²) in [5.74, 6) is 1.47. The van der Waals surface area contributed by atoms with E-state index in [4.69, 9.17) is 9.47 Å². The van der Waals surface area contributed by atoms with Crippen LogP contribution in [-0.2, 0) is 4.79 Å². The number of amides is 1. The Kier molecular flexibility index (Phi) is 4.88. The second-order valence-electron chi connectivity index (χ2n) is 6.54. The number of benzene rings is 1. The van der Waals surface area contributed by atoms with Gasteiger partial charge >= 0.3 is 0 Å². The lowest BCUT2D eigenvalue weighted by atomic mass is 9.88. The molecule has 0 aromatic heterocycles. The van der Waals surface area contributed by atoms with Gasteiger partial charge in [0.05, 0.1) is 0 Å². The highest BCUT2D eigenvalue weighted by molar-refractivity contribution is 5.98. The van der Waals surface area contributed by atoms with E-state index in [1.165, 1.54) is 0 Å². The van der Waals surface area contributed by atoms with Crippen LogP contribution in [0.4, 0.5) is 0 Å². The zero-order valence-electron chi connectivity index (χ0n) is 14.2. The number of carbonyl (C=O) groups is 2. The van der Waals surface area contributed by atoms with E-state index in [2.05, 4.69) is 0 Å². The predicted octanol–water partition coefficient (Wildman–Crippen LogP) is 2.85. The van der Waals surface area contributed by atoms with Gasteiger partial charge in [-0.1, -0.05) is 5.57 Å². The smallest absolute Gasteiger partial charge is 0.246 e. The van der Waals surface area contributed by atoms with Gasteiger partial charge in [0.25, 0.3) is 0 Å². The number of fused-ring (bicyclic) bond motifs is 1. The summed E-state index contributed by atoms with van der Waals surface area (Å²) in [6.07, 6.45) is 3.06. The van der Waals surface area contributed by atoms with Crippen molar-refractivity contribution in [2.24, 2.45) is 5.92 Å². The molecular formula is C19H23NO4. The second kappa shape index (κ2) is 7.07. The van der Waals surface area contributed by atoms with Gasteiger partial charge in [0.2, 0.25) is 5.91 Å². The molecule has 1 fully saturated rings. The molecule has 0 bridgehead atoms. The lowest BCUT2D eigenvalue weighted by molar-refractivity contribution is -0.127. The molecule has 0 saturated carbocycles. The maximum absolute atomic E-state index is 12.7. The molecule has 0 aliphatic carbocycles. The van der Waals surface area contributed by atoms with Crippen molar-refractivity contribution >= 4 is 11.7 Å². The van der Waals surface area contributed by atoms with Crippen molar-refractivity contribution in [3.8, 4) is 11.5 Å². The quantitative estimate of drug-likeness (QED) is 0.632. The van der Waals surface area contributed by atoms with Crippen molar-refractivity contribution in [3.05, 3.63) is 35.4 Å². The zero-order chi connectivity index (χ0) is 17.1. The number of Topliss-reactive ketones (excluding diaryl/α,β-unsaturated/α-hetero) is 1. The summed E-state index contributed by atoms with van der Waals surface area (Å²) in [4.78, 5) is 26.6. The third-order valence-electron chi connectivity index (χ3n) is 4.42. The number of nitrogens with zero attached hydrogens (tertiary/aromatic N) is 1. The Balaban J connectivity index is 1.63. The molecule has 1 saturated heterocycles. The number of rotatable bonds is 3. The third-order valence-corrected chi connectivity index (χ3v) is 4.42. The Morgan fingerprint density at radius 1 is 1.08 bits per heavy atom. The van der Waals surface area contributed by atoms with Crippen molar-refractivity contribution < 1.29 is 19.1 Å². The molecule has 0 N–H and O–H groups in total. The summed E-state index contributed by atoms with van der Waals surface area (Å²) in [7, 11) is 0. The first-order valence-electron chi connectivity index (χ1n) is 8.42. The molecule has 2 heterocycles. The molecule has 1 amide bonds. The summed E-state index contributed by atoms with van der Waals surface area (Å²) in [6, 6.07) is 5.38. The lowest BCUT2D eigenvalue weighted by Crippen LogP contribution is -2.39. The average Bonchev–Trinajstić information content (AvgIpc) is 2.60. The maximum Gasteiger partial charge on any atom is 0.246 e. The van der Waals surface area contributed by atoms with Crippen LogP contribution in [0.25, 0.3) is 0 Å². The molecule has 1 aromatic carbocycles. The molecule has 0 unspecified atom stereocenters. The normalized spacial score (nSPS) is 17.3. The Bertz CT molecular complexity index is 668. The van der Waals surface area contributed by atoms with E-state index in [1.807, 2.05) is 18.7 Å². The largest absolute Gasteiger partial charge is 0.486 e. The second-order valence-corrected chi connectivity index (χ2v) is 6.54. The minimum absolute atomic E-state index is 0.0386. The lowest BCUT2D eigenvalue weighted by Gasteiger charge is -2.31. The van der Waals surface area contributed by atoms with Crippen molar-refractivity contribution in [2.75, 3.05) is 26.3 Å². The van der Waals surface area contributed by atoms with Gasteiger partial charge in [-0.15, -0.1) is 0 Å². The molecule has 5 heteroatoms. The highest BCUT2D eigenvalue weighted by Crippen LogP contribution is 2.32. The number of ether oxygens (including phenoxy) is 2. The molecule has 3 rings (SSSR count). The van der Waals surface area contributed by atoms with Crippen LogP contribution in [0.5, 0.6) is 11.5 Å². The number of allylic oxidation sites excluding steroid dienone is 1. The van der Waals surface area contributed by atoms with E-state index in [1.54, 1.807) is 24.3 Å². The highest BCUT2D eigenvalue weighted by Gasteiger charge is 2.28. The van der Waals surface area contributed by atoms with Crippen LogP contribution in [0.3, 0.4) is 0 Å². The molecule has 128 valence electrons. The molecule has 24 heavy (non-hydrogen) atoms. The van der Waals surface area contributed by atoms with E-state index in [-0.39, 0.29) is 17.6 Å². The highest BCUT2D eigenvalue weighted by atomic mass is 16.6. The average molecular weight is 329 g/mol. The first kappa shape index (κ1) is 16.6. The third kappa shape index (κ3) is 3.61. The van der Waals surface area contributed by atoms with Crippen LogP contribution in [0.15, 0.2) is 29.8 Å². The van der Waals surface area contributed by atoms with Gasteiger partial charge in [-0.3, -0.25) is 9.59 Å². The van der Waals surface area contributed by atoms with E-state index in [0.29, 0.717) is 56.2 Å². The monoisotopic (exact) mass is 329 g/mol. The van der Waals surface area contributed by atoms with E-state index >= 15 is 0 Å². The summed E-state index contributed by atoms with van der Waals surface area (Å²) in [5.41, 5.74) is 1.66. The molecule has 1 aromatic rings. The van der Waals surface area contributed by atoms with E-state index < -0.39 is 0 Å². The van der Waals surface area contributed by atoms with Crippen molar-refractivity contribution in [3.63, 3.8) is 0 Å². The van der Waals surface area contributed by atoms with E-state index in [9.17, 15) is 9.59 Å². The molecule has 0 atom stereocenters. The fraction of sp³-hybridized carbons (Fsp3) is 0.474. The maximum atomic E-state index is 12.7. The van der Waals surface area contributed by atoms with Crippen molar-refractivity contribution in [1.82, 2.24) is 4.90 Å². The number of piperidine rings is 1. The summed E-state index contributed by atoms with van der Waals surface area (Å²) in [6.45, 7) is 6.13. The number of hydrogen-bond donors (Lipinski definition) is 0. The fourth-order valence-electron chi connectivity index (χ4n) is 3.13. The topological polar surface area (TPSA) is 55.8 Å². The van der Waals surface area contributed by atoms with Crippen LogP contribution in [0.2, 0.25) is 0 Å². The van der Waals surface area contributed by atoms with Crippen molar-refractivity contribution in [2.45, 2.75) is 26.7 Å². The first-order valence-corrected chi connectivity index (χ1v) is 8.42. The number of carbonyl (C=O) groups excluding carboxylic acids is 2. The number of hydrogen-bond acceptors (Lipinski definition) is 4. The summed E-state index contributed by atoms with van der Waals surface area (Å²) < 4.78 is 11.0. The molecule has 5 nitrogen and oxygen atoms in total. The zero-order valence-corrected chi connectivity index (χ0v) is 14.2. The van der Waals surface area contributed by atoms with Gasteiger partial charge in [-0.25, -0.2) is 0 Å². The Labute approximate surface area is 142 Å². The van der Waals surface area contributed by atoms with E-state index in [0.717, 1.165) is 5.57 Å². The number of likely N-dealkylation sites (tertiary alicyclic amines) is 1. The van der Waals surface area contributed by atoms with Gasteiger partial charge in [0.15, 0.2) is 17.3 Å². The minimum atomic E-state index is -0.0386. The Hall–Kier alpha value is -2.30. The Morgan fingerprint density at radius 3 is 2.42 bits per heavy atom. The summed E-state index contributed by atoms with van der Waals surface area (Å²) in [5, 5.41) is 0. The van der Waals surface area contributed by atoms with Crippen molar-refractivity contribution in [1.29, 1.82) is 0 Å². The SMILES string of the molecule is CC(C)=CC(=O)N1CCC(C(=O)c2ccc3c(c2)OCCO3)CC1. The van der Waals surface area contributed by atoms with Gasteiger partial charge < -0.3 is 14.4 Å². The van der Waals surface area contributed by atoms with Gasteiger partial charge in [-0.2, -0.15) is 0 Å². The first-order chi connectivity index (χ1) is 11.5. The number of ketones is 1. The van der Waals surface area contributed by atoms with Crippen LogP contribution in [0, 0.1) is 5.92 Å². The summed E-state index contributed by atoms with van der Waals surface area (Å²) >= 11 is 0. The van der Waals surface area contributed by atoms with Gasteiger partial charge in [0, 0.05) is 30.6 Å². The predicted molar refractivity (Wildman–Crippen MR) is 90.5 cm³/mol. The van der Waals surface area contributed by atoms with Gasteiger partial charge in [-0.05, 0) is 44.9 Å². The molecule has 0 radical (unpaired) electrons. The molecule has 2 aliphatic heterocycles. The fourth-order valence-corrected chi connectivity index (χ4v) is 3.13. The Morgan fingerprint density at radius 2 is 1.75 bits per heavy atom. The standard InChI is InChI=1S/C19H23NO4/c1-13(2)11-18(21)20-7-5-14(6-8-20)19(22)15-3-4-16-17(12-15)24-10-9-23-16/h3-4,11-12,14H,5-10H2,1-2H3. The minimum Gasteiger partial charge on any atom is -0.486 e. The van der Waals surface area contributed by atoms with Gasteiger partial charge in [0.1, 0.15) is 13.2 Å².